The van der Waals surface area contributed by atoms with E-state index in [-0.39, 0.29) is 17.5 Å². The van der Waals surface area contributed by atoms with Crippen molar-refractivity contribution in [2.45, 2.75) is 57.3 Å². The highest BCUT2D eigenvalue weighted by molar-refractivity contribution is 7.99. The summed E-state index contributed by atoms with van der Waals surface area (Å²) in [7, 11) is 0. The Hall–Kier alpha value is -1.93. The largest absolute Gasteiger partial charge is 0.459 e. The average Bonchev–Trinajstić information content (AvgIpc) is 3.03. The fraction of sp³-hybridized carbons (Fsp3) is 0.550. The maximum atomic E-state index is 13.4. The zero-order valence-corrected chi connectivity index (χ0v) is 17.5. The Morgan fingerprint density at radius 1 is 1.14 bits per heavy atom. The molecule has 28 heavy (non-hydrogen) atoms. The van der Waals surface area contributed by atoms with Crippen LogP contribution in [0.25, 0.3) is 5.69 Å². The fourth-order valence-corrected chi connectivity index (χ4v) is 3.90. The monoisotopic (exact) mass is 406 g/mol. The number of esters is 1. The molecule has 0 N–H and O–H groups in total. The predicted molar refractivity (Wildman–Crippen MR) is 107 cm³/mol. The lowest BCUT2D eigenvalue weighted by Crippen LogP contribution is -2.30. The lowest BCUT2D eigenvalue weighted by molar-refractivity contribution is -0.151. The average molecular weight is 407 g/mol. The van der Waals surface area contributed by atoms with Gasteiger partial charge in [-0.2, -0.15) is 0 Å². The van der Waals surface area contributed by atoms with Crippen LogP contribution in [0.5, 0.6) is 0 Å². The topological polar surface area (TPSA) is 60.2 Å². The van der Waals surface area contributed by atoms with E-state index in [1.54, 1.807) is 12.1 Å². The van der Waals surface area contributed by atoms with Gasteiger partial charge in [-0.15, -0.1) is 10.2 Å². The molecule has 0 amide bonds. The standard InChI is InChI=1S/C20H27FN4O2S/c1-20(2,3)27-18(26)14-28-19-23-22-17(13-24-11-5-4-6-12-24)25(19)16-9-7-15(21)8-10-16/h7-10H,4-6,11-14H2,1-3H3. The molecule has 0 atom stereocenters. The number of hydrogen-bond acceptors (Lipinski definition) is 6. The smallest absolute Gasteiger partial charge is 0.316 e. The van der Waals surface area contributed by atoms with Gasteiger partial charge in [-0.05, 0) is 71.0 Å². The van der Waals surface area contributed by atoms with Crippen molar-refractivity contribution in [3.8, 4) is 5.69 Å². The zero-order chi connectivity index (χ0) is 20.1. The van der Waals surface area contributed by atoms with Gasteiger partial charge in [-0.25, -0.2) is 4.39 Å². The molecule has 1 fully saturated rings. The van der Waals surface area contributed by atoms with E-state index in [9.17, 15) is 9.18 Å². The normalized spacial score (nSPS) is 15.6. The molecule has 3 rings (SSSR count). The van der Waals surface area contributed by atoms with Crippen molar-refractivity contribution in [3.63, 3.8) is 0 Å². The molecule has 0 aliphatic carbocycles. The van der Waals surface area contributed by atoms with Crippen LogP contribution in [-0.2, 0) is 16.1 Å². The van der Waals surface area contributed by atoms with Gasteiger partial charge in [0.15, 0.2) is 11.0 Å². The molecule has 2 heterocycles. The van der Waals surface area contributed by atoms with Crippen LogP contribution in [0.15, 0.2) is 29.4 Å². The molecule has 152 valence electrons. The first-order valence-corrected chi connectivity index (χ1v) is 10.6. The second kappa shape index (κ2) is 9.05. The summed E-state index contributed by atoms with van der Waals surface area (Å²) in [6.07, 6.45) is 3.63. The summed E-state index contributed by atoms with van der Waals surface area (Å²) >= 11 is 1.28. The van der Waals surface area contributed by atoms with Gasteiger partial charge in [0.2, 0.25) is 0 Å². The van der Waals surface area contributed by atoms with E-state index in [4.69, 9.17) is 4.74 Å². The van der Waals surface area contributed by atoms with Crippen LogP contribution in [0.2, 0.25) is 0 Å². The number of benzene rings is 1. The Morgan fingerprint density at radius 3 is 2.46 bits per heavy atom. The van der Waals surface area contributed by atoms with Crippen molar-refractivity contribution >= 4 is 17.7 Å². The van der Waals surface area contributed by atoms with Crippen molar-refractivity contribution < 1.29 is 13.9 Å². The number of likely N-dealkylation sites (tertiary alicyclic amines) is 1. The van der Waals surface area contributed by atoms with Gasteiger partial charge >= 0.3 is 5.97 Å². The van der Waals surface area contributed by atoms with Crippen molar-refractivity contribution in [3.05, 3.63) is 35.9 Å². The minimum atomic E-state index is -0.526. The Morgan fingerprint density at radius 2 is 1.82 bits per heavy atom. The molecule has 1 aliphatic rings. The molecule has 0 bridgehead atoms. The first kappa shape index (κ1) is 20.8. The van der Waals surface area contributed by atoms with Crippen LogP contribution in [0.1, 0.15) is 45.9 Å². The summed E-state index contributed by atoms with van der Waals surface area (Å²) in [6.45, 7) is 8.28. The number of piperidine rings is 1. The second-order valence-electron chi connectivity index (χ2n) is 7.92. The fourth-order valence-electron chi connectivity index (χ4n) is 3.16. The van der Waals surface area contributed by atoms with Crippen molar-refractivity contribution in [1.82, 2.24) is 19.7 Å². The van der Waals surface area contributed by atoms with Gasteiger partial charge in [-0.1, -0.05) is 18.2 Å². The quantitative estimate of drug-likeness (QED) is 0.537. The van der Waals surface area contributed by atoms with Crippen molar-refractivity contribution in [2.75, 3.05) is 18.8 Å². The summed E-state index contributed by atoms with van der Waals surface area (Å²) in [4.78, 5) is 14.4. The first-order chi connectivity index (χ1) is 13.3. The maximum Gasteiger partial charge on any atom is 0.316 e. The van der Waals surface area contributed by atoms with Gasteiger partial charge in [0.05, 0.1) is 12.3 Å². The Bertz CT molecular complexity index is 796. The van der Waals surface area contributed by atoms with Crippen LogP contribution >= 0.6 is 11.8 Å². The van der Waals surface area contributed by atoms with Crippen LogP contribution in [0.4, 0.5) is 4.39 Å². The minimum absolute atomic E-state index is 0.139. The van der Waals surface area contributed by atoms with Crippen LogP contribution < -0.4 is 0 Å². The van der Waals surface area contributed by atoms with Gasteiger partial charge in [0.25, 0.3) is 0 Å². The summed E-state index contributed by atoms with van der Waals surface area (Å²) < 4.78 is 20.7. The molecule has 2 aromatic rings. The number of ether oxygens (including phenoxy) is 1. The van der Waals surface area contributed by atoms with E-state index in [0.717, 1.165) is 24.6 Å². The molecule has 1 aromatic carbocycles. The van der Waals surface area contributed by atoms with Crippen LogP contribution in [0.3, 0.4) is 0 Å². The van der Waals surface area contributed by atoms with Crippen LogP contribution in [-0.4, -0.2) is 50.1 Å². The number of aromatic nitrogens is 3. The summed E-state index contributed by atoms with van der Waals surface area (Å²) in [5, 5.41) is 9.26. The molecular weight excluding hydrogens is 379 g/mol. The molecule has 6 nitrogen and oxygen atoms in total. The van der Waals surface area contributed by atoms with Crippen molar-refractivity contribution in [1.29, 1.82) is 0 Å². The Balaban J connectivity index is 1.80. The number of thioether (sulfide) groups is 1. The molecule has 1 saturated heterocycles. The lowest BCUT2D eigenvalue weighted by atomic mass is 10.1. The van der Waals surface area contributed by atoms with E-state index < -0.39 is 5.60 Å². The highest BCUT2D eigenvalue weighted by atomic mass is 32.2. The van der Waals surface area contributed by atoms with Gasteiger partial charge in [0.1, 0.15) is 11.4 Å². The van der Waals surface area contributed by atoms with Gasteiger partial charge < -0.3 is 4.74 Å². The molecule has 0 unspecified atom stereocenters. The first-order valence-electron chi connectivity index (χ1n) is 9.59. The Kier molecular flexibility index (Phi) is 6.72. The summed E-state index contributed by atoms with van der Waals surface area (Å²) in [5.41, 5.74) is 0.256. The maximum absolute atomic E-state index is 13.4. The van der Waals surface area contributed by atoms with Crippen molar-refractivity contribution in [2.24, 2.45) is 0 Å². The van der Waals surface area contributed by atoms with E-state index >= 15 is 0 Å². The predicted octanol–water partition coefficient (Wildman–Crippen LogP) is 3.83. The lowest BCUT2D eigenvalue weighted by Gasteiger charge is -2.26. The molecule has 0 saturated carbocycles. The third-order valence-electron chi connectivity index (χ3n) is 4.34. The number of nitrogens with zero attached hydrogens (tertiary/aromatic N) is 4. The highest BCUT2D eigenvalue weighted by Gasteiger charge is 2.21. The minimum Gasteiger partial charge on any atom is -0.459 e. The van der Waals surface area contributed by atoms with E-state index in [1.165, 1.54) is 43.2 Å². The van der Waals surface area contributed by atoms with Gasteiger partial charge in [0, 0.05) is 5.69 Å². The molecule has 0 spiro atoms. The SMILES string of the molecule is CC(C)(C)OC(=O)CSc1nnc(CN2CCCCC2)n1-c1ccc(F)cc1. The second-order valence-corrected chi connectivity index (χ2v) is 8.87. The zero-order valence-electron chi connectivity index (χ0n) is 16.7. The molecular formula is C20H27FN4O2S. The van der Waals surface area contributed by atoms with Crippen LogP contribution in [0, 0.1) is 5.82 Å². The molecule has 0 radical (unpaired) electrons. The number of carbonyl (C=O) groups is 1. The number of carbonyl (C=O) groups excluding carboxylic acids is 1. The molecule has 1 aromatic heterocycles. The Labute approximate surface area is 169 Å². The number of rotatable bonds is 6. The molecule has 8 heteroatoms. The highest BCUT2D eigenvalue weighted by Crippen LogP contribution is 2.24. The third kappa shape index (κ3) is 5.78. The summed E-state index contributed by atoms with van der Waals surface area (Å²) in [6, 6.07) is 6.25. The number of halogens is 1. The summed E-state index contributed by atoms with van der Waals surface area (Å²) in [5.74, 6) is 0.335. The van der Waals surface area contributed by atoms with Gasteiger partial charge in [-0.3, -0.25) is 14.3 Å². The van der Waals surface area contributed by atoms with E-state index in [0.29, 0.717) is 11.7 Å². The third-order valence-corrected chi connectivity index (χ3v) is 5.24. The molecule has 1 aliphatic heterocycles. The van der Waals surface area contributed by atoms with E-state index in [1.807, 2.05) is 25.3 Å². The number of hydrogen-bond donors (Lipinski definition) is 0. The van der Waals surface area contributed by atoms with E-state index in [2.05, 4.69) is 15.1 Å².